The van der Waals surface area contributed by atoms with E-state index in [-0.39, 0.29) is 30.9 Å². The number of amides is 2. The molecule has 2 N–H and O–H groups in total. The van der Waals surface area contributed by atoms with Crippen LogP contribution in [0.4, 0.5) is 0 Å². The van der Waals surface area contributed by atoms with Gasteiger partial charge in [-0.25, -0.2) is 0 Å². The summed E-state index contributed by atoms with van der Waals surface area (Å²) in [5.74, 6) is -0.392. The Balaban J connectivity index is 1.83. The second kappa shape index (κ2) is 7.99. The summed E-state index contributed by atoms with van der Waals surface area (Å²) in [6.45, 7) is 3.21. The zero-order valence-electron chi connectivity index (χ0n) is 14.9. The van der Waals surface area contributed by atoms with Gasteiger partial charge in [0.2, 0.25) is 0 Å². The highest BCUT2D eigenvalue weighted by atomic mass is 16.3. The van der Waals surface area contributed by atoms with Crippen LogP contribution in [0, 0.1) is 0 Å². The Morgan fingerprint density at radius 2 is 2.08 bits per heavy atom. The van der Waals surface area contributed by atoms with E-state index in [1.165, 1.54) is 17.5 Å². The van der Waals surface area contributed by atoms with Crippen molar-refractivity contribution < 1.29 is 14.7 Å². The van der Waals surface area contributed by atoms with E-state index in [2.05, 4.69) is 17.3 Å². The standard InChI is InChI=1S/C18H28N4O3/c1-2-9-21(13-7-5-3-4-6-8-13)18(25)15-10-16-17(24)19-11-14(23)12-22(16)20-15/h10,13-14,23H,2-9,11-12H2,1H3,(H,19,24)/t14-/m1/s1. The van der Waals surface area contributed by atoms with Gasteiger partial charge in [0.15, 0.2) is 5.69 Å². The molecule has 2 amide bonds. The van der Waals surface area contributed by atoms with Crippen molar-refractivity contribution in [2.24, 2.45) is 0 Å². The first kappa shape index (κ1) is 17.9. The number of rotatable bonds is 4. The molecule has 1 aromatic rings. The molecule has 1 aromatic heterocycles. The minimum atomic E-state index is -0.693. The number of hydrogen-bond acceptors (Lipinski definition) is 4. The van der Waals surface area contributed by atoms with Crippen LogP contribution in [0.5, 0.6) is 0 Å². The highest BCUT2D eigenvalue weighted by molar-refractivity contribution is 5.98. The van der Waals surface area contributed by atoms with Crippen LogP contribution in [0.15, 0.2) is 6.07 Å². The fourth-order valence-corrected chi connectivity index (χ4v) is 3.82. The topological polar surface area (TPSA) is 87.5 Å². The molecular formula is C18H28N4O3. The van der Waals surface area contributed by atoms with Gasteiger partial charge in [-0.3, -0.25) is 14.3 Å². The van der Waals surface area contributed by atoms with Crippen molar-refractivity contribution in [3.05, 3.63) is 17.5 Å². The number of carbonyl (C=O) groups excluding carboxylic acids is 2. The molecule has 2 heterocycles. The summed E-state index contributed by atoms with van der Waals surface area (Å²) in [7, 11) is 0. The minimum Gasteiger partial charge on any atom is -0.389 e. The number of hydrogen-bond donors (Lipinski definition) is 2. The van der Waals surface area contributed by atoms with Crippen LogP contribution < -0.4 is 5.32 Å². The second-order valence-electron chi connectivity index (χ2n) is 7.10. The van der Waals surface area contributed by atoms with Gasteiger partial charge in [-0.1, -0.05) is 32.6 Å². The van der Waals surface area contributed by atoms with Crippen molar-refractivity contribution in [1.29, 1.82) is 0 Å². The zero-order valence-corrected chi connectivity index (χ0v) is 14.9. The lowest BCUT2D eigenvalue weighted by Gasteiger charge is -2.30. The fraction of sp³-hybridized carbons (Fsp3) is 0.722. The van der Waals surface area contributed by atoms with E-state index in [9.17, 15) is 14.7 Å². The Morgan fingerprint density at radius 1 is 1.36 bits per heavy atom. The van der Waals surface area contributed by atoms with Crippen LogP contribution in [0.25, 0.3) is 0 Å². The molecule has 1 saturated carbocycles. The summed E-state index contributed by atoms with van der Waals surface area (Å²) < 4.78 is 1.46. The molecule has 25 heavy (non-hydrogen) atoms. The predicted molar refractivity (Wildman–Crippen MR) is 93.4 cm³/mol. The van der Waals surface area contributed by atoms with Crippen molar-refractivity contribution in [3.8, 4) is 0 Å². The summed E-state index contributed by atoms with van der Waals surface area (Å²) in [6, 6.07) is 1.82. The minimum absolute atomic E-state index is 0.100. The van der Waals surface area contributed by atoms with Crippen LogP contribution in [-0.4, -0.2) is 56.8 Å². The van der Waals surface area contributed by atoms with Gasteiger partial charge in [0, 0.05) is 25.2 Å². The largest absolute Gasteiger partial charge is 0.389 e. The molecule has 0 bridgehead atoms. The van der Waals surface area contributed by atoms with Crippen molar-refractivity contribution in [3.63, 3.8) is 0 Å². The van der Waals surface area contributed by atoms with Crippen LogP contribution >= 0.6 is 0 Å². The number of aromatic nitrogens is 2. The molecular weight excluding hydrogens is 320 g/mol. The maximum atomic E-state index is 13.1. The zero-order chi connectivity index (χ0) is 17.8. The van der Waals surface area contributed by atoms with Gasteiger partial charge >= 0.3 is 0 Å². The van der Waals surface area contributed by atoms with Gasteiger partial charge in [0.05, 0.1) is 12.6 Å². The van der Waals surface area contributed by atoms with Crippen molar-refractivity contribution in [1.82, 2.24) is 20.0 Å². The Hall–Kier alpha value is -1.89. The van der Waals surface area contributed by atoms with Crippen LogP contribution in [0.1, 0.15) is 72.8 Å². The van der Waals surface area contributed by atoms with Crippen molar-refractivity contribution in [2.45, 2.75) is 70.6 Å². The monoisotopic (exact) mass is 348 g/mol. The molecule has 0 aromatic carbocycles. The van der Waals surface area contributed by atoms with Gasteiger partial charge in [-0.15, -0.1) is 0 Å². The Kier molecular flexibility index (Phi) is 5.73. The summed E-state index contributed by atoms with van der Waals surface area (Å²) in [5.41, 5.74) is 0.647. The maximum absolute atomic E-state index is 13.1. The lowest BCUT2D eigenvalue weighted by Crippen LogP contribution is -2.41. The molecule has 1 aliphatic heterocycles. The number of nitrogens with zero attached hydrogens (tertiary/aromatic N) is 3. The molecule has 1 atom stereocenters. The molecule has 7 nitrogen and oxygen atoms in total. The maximum Gasteiger partial charge on any atom is 0.274 e. The van der Waals surface area contributed by atoms with E-state index in [0.29, 0.717) is 17.9 Å². The third kappa shape index (κ3) is 4.03. The molecule has 3 rings (SSSR count). The first-order valence-electron chi connectivity index (χ1n) is 9.45. The van der Waals surface area contributed by atoms with E-state index < -0.39 is 6.10 Å². The number of nitrogens with one attached hydrogen (secondary N) is 1. The van der Waals surface area contributed by atoms with E-state index in [1.807, 2.05) is 4.90 Å². The summed E-state index contributed by atoms with van der Waals surface area (Å²) in [5, 5.41) is 16.9. The molecule has 1 aliphatic carbocycles. The third-order valence-corrected chi connectivity index (χ3v) is 5.10. The third-order valence-electron chi connectivity index (χ3n) is 5.10. The van der Waals surface area contributed by atoms with Gasteiger partial charge in [0.1, 0.15) is 5.69 Å². The van der Waals surface area contributed by atoms with Gasteiger partial charge in [-0.05, 0) is 19.3 Å². The van der Waals surface area contributed by atoms with Gasteiger partial charge in [0.25, 0.3) is 11.8 Å². The SMILES string of the molecule is CCCN(C(=O)c1cc2n(n1)C[C@H](O)CNC2=O)C1CCCCCC1. The molecule has 0 unspecified atom stereocenters. The summed E-state index contributed by atoms with van der Waals surface area (Å²) in [4.78, 5) is 27.2. The molecule has 1 fully saturated rings. The number of aliphatic hydroxyl groups excluding tert-OH is 1. The number of carbonyl (C=O) groups is 2. The number of β-amino-alcohol motifs (C(OH)–C–C–N with tert-alkyl or cyclic N) is 1. The van der Waals surface area contributed by atoms with Gasteiger partial charge < -0.3 is 15.3 Å². The highest BCUT2D eigenvalue weighted by Crippen LogP contribution is 2.24. The smallest absolute Gasteiger partial charge is 0.274 e. The first-order valence-corrected chi connectivity index (χ1v) is 9.45. The lowest BCUT2D eigenvalue weighted by molar-refractivity contribution is 0.0652. The van der Waals surface area contributed by atoms with Crippen LogP contribution in [-0.2, 0) is 6.54 Å². The molecule has 0 saturated heterocycles. The van der Waals surface area contributed by atoms with Crippen LogP contribution in [0.3, 0.4) is 0 Å². The second-order valence-corrected chi connectivity index (χ2v) is 7.10. The highest BCUT2D eigenvalue weighted by Gasteiger charge is 2.29. The molecule has 0 radical (unpaired) electrons. The summed E-state index contributed by atoms with van der Waals surface area (Å²) >= 11 is 0. The Labute approximate surface area is 148 Å². The molecule has 7 heteroatoms. The number of aliphatic hydroxyl groups is 1. The molecule has 138 valence electrons. The van der Waals surface area contributed by atoms with Gasteiger partial charge in [-0.2, -0.15) is 5.10 Å². The quantitative estimate of drug-likeness (QED) is 0.809. The average molecular weight is 348 g/mol. The van der Waals surface area contributed by atoms with Crippen molar-refractivity contribution in [2.75, 3.05) is 13.1 Å². The van der Waals surface area contributed by atoms with Crippen LogP contribution in [0.2, 0.25) is 0 Å². The Morgan fingerprint density at radius 3 is 2.76 bits per heavy atom. The van der Waals surface area contributed by atoms with E-state index in [1.54, 1.807) is 6.07 Å². The first-order chi connectivity index (χ1) is 12.1. The van der Waals surface area contributed by atoms with E-state index in [0.717, 1.165) is 32.1 Å². The summed E-state index contributed by atoms with van der Waals surface area (Å²) in [6.07, 6.45) is 7.08. The molecule has 2 aliphatic rings. The fourth-order valence-electron chi connectivity index (χ4n) is 3.82. The van der Waals surface area contributed by atoms with E-state index in [4.69, 9.17) is 0 Å². The normalized spacial score (nSPS) is 21.8. The van der Waals surface area contributed by atoms with E-state index >= 15 is 0 Å². The molecule has 0 spiro atoms. The lowest BCUT2D eigenvalue weighted by atomic mass is 10.1. The Bertz CT molecular complexity index is 620. The average Bonchev–Trinajstić information content (AvgIpc) is 2.77. The number of fused-ring (bicyclic) bond motifs is 1. The predicted octanol–water partition coefficient (Wildman–Crippen LogP) is 1.56. The van der Waals surface area contributed by atoms with Crippen molar-refractivity contribution >= 4 is 11.8 Å².